The van der Waals surface area contributed by atoms with Gasteiger partial charge in [-0.15, -0.1) is 15.3 Å². The Morgan fingerprint density at radius 1 is 1.15 bits per heavy atom. The molecule has 1 saturated heterocycles. The molecule has 0 radical (unpaired) electrons. The summed E-state index contributed by atoms with van der Waals surface area (Å²) in [5.41, 5.74) is 1.65. The Kier molecular flexibility index (Phi) is 4.61. The average Bonchev–Trinajstić information content (AvgIpc) is 3.09. The van der Waals surface area contributed by atoms with Crippen LogP contribution in [-0.4, -0.2) is 61.4 Å². The van der Waals surface area contributed by atoms with Crippen LogP contribution in [0.15, 0.2) is 29.3 Å². The Hall–Kier alpha value is -2.81. The summed E-state index contributed by atoms with van der Waals surface area (Å²) in [6.45, 7) is 2.61. The molecule has 0 amide bonds. The number of hydrogen-bond donors (Lipinski definition) is 0. The Balaban J connectivity index is 1.48. The molecule has 0 N–H and O–H groups in total. The first-order valence-corrected chi connectivity index (χ1v) is 9.15. The molecule has 0 aliphatic carbocycles. The Morgan fingerprint density at radius 2 is 1.93 bits per heavy atom. The zero-order valence-corrected chi connectivity index (χ0v) is 15.9. The summed E-state index contributed by atoms with van der Waals surface area (Å²) < 4.78 is 3.54. The SMILES string of the molecule is CN(C)c1ccc2nnc(C3CCN(Cc4cncc(=O)n4C)CC3)n2n1. The lowest BCUT2D eigenvalue weighted by Gasteiger charge is -2.31. The van der Waals surface area contributed by atoms with Crippen molar-refractivity contribution in [3.05, 3.63) is 46.4 Å². The Morgan fingerprint density at radius 3 is 2.67 bits per heavy atom. The van der Waals surface area contributed by atoms with Crippen molar-refractivity contribution in [2.75, 3.05) is 32.1 Å². The fraction of sp³-hybridized carbons (Fsp3) is 0.500. The number of piperidine rings is 1. The minimum Gasteiger partial charge on any atom is -0.361 e. The molecule has 142 valence electrons. The summed E-state index contributed by atoms with van der Waals surface area (Å²) in [6.07, 6.45) is 5.10. The van der Waals surface area contributed by atoms with E-state index in [4.69, 9.17) is 0 Å². The normalized spacial score (nSPS) is 16.1. The molecule has 1 aliphatic heterocycles. The van der Waals surface area contributed by atoms with Crippen molar-refractivity contribution in [3.63, 3.8) is 0 Å². The molecule has 0 atom stereocenters. The molecular weight excluding hydrogens is 344 g/mol. The highest BCUT2D eigenvalue weighted by Crippen LogP contribution is 2.27. The molecule has 4 rings (SSSR count). The van der Waals surface area contributed by atoms with Crippen LogP contribution < -0.4 is 10.5 Å². The maximum Gasteiger partial charge on any atom is 0.268 e. The molecule has 0 bridgehead atoms. The van der Waals surface area contributed by atoms with E-state index in [9.17, 15) is 4.79 Å². The first-order chi connectivity index (χ1) is 13.0. The highest BCUT2D eigenvalue weighted by atomic mass is 16.1. The fourth-order valence-corrected chi connectivity index (χ4v) is 3.52. The number of nitrogens with zero attached hydrogens (tertiary/aromatic N) is 8. The number of likely N-dealkylation sites (tertiary alicyclic amines) is 1. The van der Waals surface area contributed by atoms with Gasteiger partial charge in [-0.1, -0.05) is 0 Å². The predicted octanol–water partition coefficient (Wildman–Crippen LogP) is 0.664. The lowest BCUT2D eigenvalue weighted by molar-refractivity contribution is 0.196. The zero-order chi connectivity index (χ0) is 19.0. The van der Waals surface area contributed by atoms with Gasteiger partial charge in [-0.05, 0) is 38.1 Å². The quantitative estimate of drug-likeness (QED) is 0.669. The van der Waals surface area contributed by atoms with Gasteiger partial charge in [0, 0.05) is 39.8 Å². The second-order valence-corrected chi connectivity index (χ2v) is 7.26. The summed E-state index contributed by atoms with van der Waals surface area (Å²) in [4.78, 5) is 20.1. The van der Waals surface area contributed by atoms with E-state index in [1.807, 2.05) is 35.6 Å². The van der Waals surface area contributed by atoms with E-state index in [-0.39, 0.29) is 5.56 Å². The second kappa shape index (κ2) is 7.07. The molecule has 27 heavy (non-hydrogen) atoms. The summed E-state index contributed by atoms with van der Waals surface area (Å²) in [5, 5.41) is 13.4. The van der Waals surface area contributed by atoms with E-state index in [1.54, 1.807) is 17.8 Å². The molecule has 0 unspecified atom stereocenters. The van der Waals surface area contributed by atoms with E-state index < -0.39 is 0 Å². The van der Waals surface area contributed by atoms with Gasteiger partial charge < -0.3 is 9.47 Å². The maximum atomic E-state index is 11.7. The predicted molar refractivity (Wildman–Crippen MR) is 102 cm³/mol. The van der Waals surface area contributed by atoms with Crippen molar-refractivity contribution < 1.29 is 0 Å². The van der Waals surface area contributed by atoms with E-state index >= 15 is 0 Å². The van der Waals surface area contributed by atoms with Crippen molar-refractivity contribution >= 4 is 11.5 Å². The third-order valence-corrected chi connectivity index (χ3v) is 5.24. The standard InChI is InChI=1S/C18H24N8O/c1-23(2)16-5-4-15-20-21-18(26(15)22-16)13-6-8-25(9-7-13)12-14-10-19-11-17(27)24(14)3/h4-5,10-11,13H,6-9,12H2,1-3H3. The number of rotatable bonds is 4. The van der Waals surface area contributed by atoms with Crippen LogP contribution in [0.3, 0.4) is 0 Å². The van der Waals surface area contributed by atoms with Gasteiger partial charge in [0.2, 0.25) is 0 Å². The van der Waals surface area contributed by atoms with Crippen molar-refractivity contribution in [1.82, 2.24) is 34.3 Å². The maximum absolute atomic E-state index is 11.7. The second-order valence-electron chi connectivity index (χ2n) is 7.26. The van der Waals surface area contributed by atoms with Crippen LogP contribution in [0.4, 0.5) is 5.82 Å². The minimum atomic E-state index is -0.0694. The van der Waals surface area contributed by atoms with Gasteiger partial charge in [-0.2, -0.15) is 4.52 Å². The highest BCUT2D eigenvalue weighted by Gasteiger charge is 2.25. The van der Waals surface area contributed by atoms with Gasteiger partial charge in [-0.3, -0.25) is 14.7 Å². The summed E-state index contributed by atoms with van der Waals surface area (Å²) in [6, 6.07) is 3.91. The smallest absolute Gasteiger partial charge is 0.268 e. The van der Waals surface area contributed by atoms with Gasteiger partial charge in [0.1, 0.15) is 5.82 Å². The monoisotopic (exact) mass is 368 g/mol. The molecule has 1 fully saturated rings. The van der Waals surface area contributed by atoms with E-state index in [2.05, 4.69) is 25.2 Å². The van der Waals surface area contributed by atoms with Crippen molar-refractivity contribution in [2.24, 2.45) is 7.05 Å². The highest BCUT2D eigenvalue weighted by molar-refractivity contribution is 5.45. The lowest BCUT2D eigenvalue weighted by atomic mass is 9.96. The fourth-order valence-electron chi connectivity index (χ4n) is 3.52. The molecule has 3 aromatic rings. The van der Waals surface area contributed by atoms with Gasteiger partial charge in [-0.25, -0.2) is 0 Å². The van der Waals surface area contributed by atoms with Gasteiger partial charge in [0.25, 0.3) is 5.56 Å². The first kappa shape index (κ1) is 17.6. The largest absolute Gasteiger partial charge is 0.361 e. The molecule has 9 nitrogen and oxygen atoms in total. The van der Waals surface area contributed by atoms with Crippen LogP contribution in [-0.2, 0) is 13.6 Å². The zero-order valence-electron chi connectivity index (χ0n) is 15.9. The van der Waals surface area contributed by atoms with Crippen LogP contribution in [0.1, 0.15) is 30.3 Å². The van der Waals surface area contributed by atoms with E-state index in [1.165, 1.54) is 6.20 Å². The number of anilines is 1. The molecule has 0 spiro atoms. The van der Waals surface area contributed by atoms with Crippen LogP contribution >= 0.6 is 0 Å². The van der Waals surface area contributed by atoms with Gasteiger partial charge in [0.15, 0.2) is 11.5 Å². The third kappa shape index (κ3) is 3.42. The minimum absolute atomic E-state index is 0.0694. The number of aromatic nitrogens is 6. The summed E-state index contributed by atoms with van der Waals surface area (Å²) >= 11 is 0. The van der Waals surface area contributed by atoms with Crippen LogP contribution in [0, 0.1) is 0 Å². The summed E-state index contributed by atoms with van der Waals surface area (Å²) in [5.74, 6) is 2.15. The molecule has 0 aromatic carbocycles. The summed E-state index contributed by atoms with van der Waals surface area (Å²) in [7, 11) is 5.74. The van der Waals surface area contributed by atoms with E-state index in [0.717, 1.165) is 55.5 Å². The molecule has 3 aromatic heterocycles. The third-order valence-electron chi connectivity index (χ3n) is 5.24. The molecule has 0 saturated carbocycles. The Bertz CT molecular complexity index is 1000. The van der Waals surface area contributed by atoms with Gasteiger partial charge in [0.05, 0.1) is 11.9 Å². The Labute approximate surface area is 157 Å². The average molecular weight is 368 g/mol. The first-order valence-electron chi connectivity index (χ1n) is 9.15. The van der Waals surface area contributed by atoms with Crippen molar-refractivity contribution in [2.45, 2.75) is 25.3 Å². The van der Waals surface area contributed by atoms with Crippen molar-refractivity contribution in [3.8, 4) is 0 Å². The van der Waals surface area contributed by atoms with Gasteiger partial charge >= 0.3 is 0 Å². The topological polar surface area (TPSA) is 84.5 Å². The molecular formula is C18H24N8O. The molecule has 1 aliphatic rings. The van der Waals surface area contributed by atoms with Crippen molar-refractivity contribution in [1.29, 1.82) is 0 Å². The molecule has 4 heterocycles. The van der Waals surface area contributed by atoms with Crippen LogP contribution in [0.2, 0.25) is 0 Å². The van der Waals surface area contributed by atoms with E-state index in [0.29, 0.717) is 5.92 Å². The van der Waals surface area contributed by atoms with Crippen LogP contribution in [0.5, 0.6) is 0 Å². The number of hydrogen-bond acceptors (Lipinski definition) is 7. The van der Waals surface area contributed by atoms with Crippen LogP contribution in [0.25, 0.3) is 5.65 Å². The lowest BCUT2D eigenvalue weighted by Crippen LogP contribution is -2.35. The molecule has 9 heteroatoms. The number of fused-ring (bicyclic) bond motifs is 1.